The topological polar surface area (TPSA) is 59.0 Å². The van der Waals surface area contributed by atoms with Crippen molar-refractivity contribution in [3.8, 4) is 6.07 Å². The Labute approximate surface area is 102 Å². The second-order valence-corrected chi connectivity index (χ2v) is 4.78. The number of nitriles is 1. The predicted octanol–water partition coefficient (Wildman–Crippen LogP) is 2.37. The highest BCUT2D eigenvalue weighted by Gasteiger charge is 2.33. The van der Waals surface area contributed by atoms with Gasteiger partial charge in [-0.05, 0) is 24.8 Å². The summed E-state index contributed by atoms with van der Waals surface area (Å²) in [6.45, 7) is 0.604. The fraction of sp³-hybridized carbons (Fsp3) is 0.500. The third-order valence-corrected chi connectivity index (χ3v) is 3.29. The molecule has 0 heterocycles. The Kier molecular flexibility index (Phi) is 3.78. The third-order valence-electron chi connectivity index (χ3n) is 3.29. The minimum Gasteiger partial charge on any atom is -0.373 e. The van der Waals surface area contributed by atoms with Crippen LogP contribution in [0.25, 0.3) is 0 Å². The molecule has 1 saturated carbocycles. The van der Waals surface area contributed by atoms with Crippen molar-refractivity contribution in [2.24, 2.45) is 5.73 Å². The van der Waals surface area contributed by atoms with Gasteiger partial charge in [0.15, 0.2) is 0 Å². The summed E-state index contributed by atoms with van der Waals surface area (Å²) in [4.78, 5) is 0. The minimum atomic E-state index is -0.681. The van der Waals surface area contributed by atoms with E-state index < -0.39 is 5.54 Å². The molecule has 0 amide bonds. The van der Waals surface area contributed by atoms with E-state index >= 15 is 0 Å². The Balaban J connectivity index is 1.86. The van der Waals surface area contributed by atoms with Crippen LogP contribution in [-0.2, 0) is 11.3 Å². The molecule has 1 fully saturated rings. The summed E-state index contributed by atoms with van der Waals surface area (Å²) in [5.41, 5.74) is 6.46. The van der Waals surface area contributed by atoms with Gasteiger partial charge in [-0.3, -0.25) is 0 Å². The molecule has 2 atom stereocenters. The number of rotatable bonds is 3. The molecule has 0 saturated heterocycles. The van der Waals surface area contributed by atoms with Gasteiger partial charge in [0.2, 0.25) is 0 Å². The van der Waals surface area contributed by atoms with Crippen LogP contribution in [0.15, 0.2) is 30.3 Å². The standard InChI is InChI=1S/C14H18N2O/c15-11-14(16)8-4-7-13(9-14)17-10-12-5-2-1-3-6-12/h1-3,5-6,13H,4,7-10,16H2. The van der Waals surface area contributed by atoms with Gasteiger partial charge in [-0.15, -0.1) is 0 Å². The minimum absolute atomic E-state index is 0.119. The summed E-state index contributed by atoms with van der Waals surface area (Å²) < 4.78 is 5.84. The van der Waals surface area contributed by atoms with Gasteiger partial charge >= 0.3 is 0 Å². The first-order chi connectivity index (χ1) is 8.22. The maximum atomic E-state index is 9.02. The molecular weight excluding hydrogens is 212 g/mol. The summed E-state index contributed by atoms with van der Waals surface area (Å²) >= 11 is 0. The second kappa shape index (κ2) is 5.31. The summed E-state index contributed by atoms with van der Waals surface area (Å²) in [6, 6.07) is 12.3. The highest BCUT2D eigenvalue weighted by Crippen LogP contribution is 2.28. The molecule has 90 valence electrons. The van der Waals surface area contributed by atoms with Crippen LogP contribution in [0.3, 0.4) is 0 Å². The smallest absolute Gasteiger partial charge is 0.106 e. The number of ether oxygens (including phenoxy) is 1. The van der Waals surface area contributed by atoms with Gasteiger partial charge in [0, 0.05) is 6.42 Å². The van der Waals surface area contributed by atoms with Crippen LogP contribution in [-0.4, -0.2) is 11.6 Å². The fourth-order valence-electron chi connectivity index (χ4n) is 2.29. The van der Waals surface area contributed by atoms with E-state index in [1.54, 1.807) is 0 Å². The maximum absolute atomic E-state index is 9.02. The summed E-state index contributed by atoms with van der Waals surface area (Å²) in [7, 11) is 0. The molecule has 0 aliphatic heterocycles. The Hall–Kier alpha value is -1.37. The lowest BCUT2D eigenvalue weighted by molar-refractivity contribution is 0.00415. The van der Waals surface area contributed by atoms with Crippen molar-refractivity contribution < 1.29 is 4.74 Å². The van der Waals surface area contributed by atoms with E-state index in [9.17, 15) is 0 Å². The number of hydrogen-bond donors (Lipinski definition) is 1. The van der Waals surface area contributed by atoms with Crippen LogP contribution >= 0.6 is 0 Å². The molecular formula is C14H18N2O. The van der Waals surface area contributed by atoms with Crippen LogP contribution in [0.1, 0.15) is 31.2 Å². The Morgan fingerprint density at radius 2 is 2.18 bits per heavy atom. The molecule has 0 spiro atoms. The molecule has 3 nitrogen and oxygen atoms in total. The molecule has 17 heavy (non-hydrogen) atoms. The first-order valence-electron chi connectivity index (χ1n) is 6.07. The Bertz CT molecular complexity index is 398. The van der Waals surface area contributed by atoms with Gasteiger partial charge < -0.3 is 10.5 Å². The molecule has 1 aromatic carbocycles. The normalized spacial score (nSPS) is 28.6. The number of nitrogens with zero attached hydrogens (tertiary/aromatic N) is 1. The van der Waals surface area contributed by atoms with E-state index in [-0.39, 0.29) is 6.10 Å². The number of hydrogen-bond acceptors (Lipinski definition) is 3. The van der Waals surface area contributed by atoms with Crippen LogP contribution < -0.4 is 5.73 Å². The Morgan fingerprint density at radius 1 is 1.41 bits per heavy atom. The molecule has 0 radical (unpaired) electrons. The van der Waals surface area contributed by atoms with Crippen LogP contribution in [0.2, 0.25) is 0 Å². The molecule has 1 aliphatic rings. The van der Waals surface area contributed by atoms with Gasteiger partial charge in [0.05, 0.1) is 18.8 Å². The molecule has 0 bridgehead atoms. The first kappa shape index (κ1) is 12.1. The summed E-state index contributed by atoms with van der Waals surface area (Å²) in [6.07, 6.45) is 3.54. The van der Waals surface area contributed by atoms with Gasteiger partial charge in [-0.2, -0.15) is 5.26 Å². The lowest BCUT2D eigenvalue weighted by Crippen LogP contribution is -2.45. The van der Waals surface area contributed by atoms with Crippen molar-refractivity contribution >= 4 is 0 Å². The summed E-state index contributed by atoms with van der Waals surface area (Å²) in [5, 5.41) is 9.02. The second-order valence-electron chi connectivity index (χ2n) is 4.78. The maximum Gasteiger partial charge on any atom is 0.106 e. The monoisotopic (exact) mass is 230 g/mol. The zero-order valence-electron chi connectivity index (χ0n) is 9.93. The van der Waals surface area contributed by atoms with Gasteiger partial charge in [-0.25, -0.2) is 0 Å². The van der Waals surface area contributed by atoms with Crippen LogP contribution in [0, 0.1) is 11.3 Å². The molecule has 3 heteroatoms. The van der Waals surface area contributed by atoms with Crippen LogP contribution in [0.5, 0.6) is 0 Å². The van der Waals surface area contributed by atoms with Crippen molar-refractivity contribution in [3.05, 3.63) is 35.9 Å². The molecule has 2 rings (SSSR count). The molecule has 1 aliphatic carbocycles. The largest absolute Gasteiger partial charge is 0.373 e. The fourth-order valence-corrected chi connectivity index (χ4v) is 2.29. The predicted molar refractivity (Wildman–Crippen MR) is 66.0 cm³/mol. The molecule has 1 aromatic rings. The van der Waals surface area contributed by atoms with E-state index in [0.29, 0.717) is 13.0 Å². The third kappa shape index (κ3) is 3.29. The van der Waals surface area contributed by atoms with Crippen molar-refractivity contribution in [2.45, 2.75) is 43.9 Å². The zero-order chi connectivity index (χ0) is 12.1. The van der Waals surface area contributed by atoms with Crippen LogP contribution in [0.4, 0.5) is 0 Å². The number of benzene rings is 1. The first-order valence-corrected chi connectivity index (χ1v) is 6.07. The SMILES string of the molecule is N#CC1(N)CCCC(OCc2ccccc2)C1. The lowest BCUT2D eigenvalue weighted by Gasteiger charge is -2.32. The van der Waals surface area contributed by atoms with E-state index in [2.05, 4.69) is 6.07 Å². The van der Waals surface area contributed by atoms with Crippen molar-refractivity contribution in [1.29, 1.82) is 5.26 Å². The van der Waals surface area contributed by atoms with E-state index in [4.69, 9.17) is 15.7 Å². The molecule has 2 unspecified atom stereocenters. The van der Waals surface area contributed by atoms with Gasteiger partial charge in [0.1, 0.15) is 5.54 Å². The van der Waals surface area contributed by atoms with E-state index in [1.807, 2.05) is 30.3 Å². The average molecular weight is 230 g/mol. The van der Waals surface area contributed by atoms with Crippen molar-refractivity contribution in [1.82, 2.24) is 0 Å². The molecule has 0 aromatic heterocycles. The number of nitrogens with two attached hydrogens (primary N) is 1. The Morgan fingerprint density at radius 3 is 2.88 bits per heavy atom. The lowest BCUT2D eigenvalue weighted by atomic mass is 9.82. The zero-order valence-corrected chi connectivity index (χ0v) is 9.93. The van der Waals surface area contributed by atoms with Crippen molar-refractivity contribution in [3.63, 3.8) is 0 Å². The average Bonchev–Trinajstić information content (AvgIpc) is 2.38. The van der Waals surface area contributed by atoms with Gasteiger partial charge in [-0.1, -0.05) is 30.3 Å². The molecule has 2 N–H and O–H groups in total. The van der Waals surface area contributed by atoms with E-state index in [1.165, 1.54) is 0 Å². The highest BCUT2D eigenvalue weighted by molar-refractivity contribution is 5.13. The van der Waals surface area contributed by atoms with Gasteiger partial charge in [0.25, 0.3) is 0 Å². The highest BCUT2D eigenvalue weighted by atomic mass is 16.5. The summed E-state index contributed by atoms with van der Waals surface area (Å²) in [5.74, 6) is 0. The van der Waals surface area contributed by atoms with E-state index in [0.717, 1.165) is 24.8 Å². The quantitative estimate of drug-likeness (QED) is 0.867. The van der Waals surface area contributed by atoms with Crippen molar-refractivity contribution in [2.75, 3.05) is 0 Å².